The van der Waals surface area contributed by atoms with Gasteiger partial charge in [-0.25, -0.2) is 8.42 Å². The third-order valence-electron chi connectivity index (χ3n) is 4.41. The number of likely N-dealkylation sites (N-methyl/N-ethyl adjacent to an activating group) is 1. The Labute approximate surface area is 173 Å². The fraction of sp³-hybridized carbons (Fsp3) is 0.364. The number of hydrogen-bond acceptors (Lipinski definition) is 4. The van der Waals surface area contributed by atoms with Crippen LogP contribution in [0.15, 0.2) is 59.5 Å². The standard InChI is InChI=1S/C22H27N3O3S/c1-22(2,3)14-20(18-8-6-5-7-9-18)24-21(26)16-25(4)29(27,28)19-12-10-17(15-23)11-13-19/h5-13,20H,14,16H2,1-4H3,(H,24,26). The van der Waals surface area contributed by atoms with E-state index in [1.807, 2.05) is 36.4 Å². The zero-order chi connectivity index (χ0) is 21.7. The third-order valence-corrected chi connectivity index (χ3v) is 6.23. The van der Waals surface area contributed by atoms with Crippen LogP contribution in [0, 0.1) is 16.7 Å². The molecule has 0 bridgehead atoms. The van der Waals surface area contributed by atoms with Crippen molar-refractivity contribution < 1.29 is 13.2 Å². The molecule has 6 nitrogen and oxygen atoms in total. The minimum absolute atomic E-state index is 0.0196. The van der Waals surface area contributed by atoms with Crippen LogP contribution in [0.3, 0.4) is 0 Å². The van der Waals surface area contributed by atoms with E-state index < -0.39 is 10.0 Å². The maximum atomic E-state index is 12.7. The number of amides is 1. The van der Waals surface area contributed by atoms with Crippen molar-refractivity contribution in [3.05, 3.63) is 65.7 Å². The number of carbonyl (C=O) groups excluding carboxylic acids is 1. The summed E-state index contributed by atoms with van der Waals surface area (Å²) in [5, 5.41) is 11.8. The van der Waals surface area contributed by atoms with Crippen LogP contribution in [0.1, 0.15) is 44.4 Å². The molecular formula is C22H27N3O3S. The Morgan fingerprint density at radius 1 is 1.10 bits per heavy atom. The van der Waals surface area contributed by atoms with Gasteiger partial charge < -0.3 is 5.32 Å². The van der Waals surface area contributed by atoms with Crippen molar-refractivity contribution >= 4 is 15.9 Å². The van der Waals surface area contributed by atoms with Gasteiger partial charge in [0.1, 0.15) is 0 Å². The van der Waals surface area contributed by atoms with E-state index in [2.05, 4.69) is 26.1 Å². The highest BCUT2D eigenvalue weighted by atomic mass is 32.2. The molecule has 2 aromatic rings. The summed E-state index contributed by atoms with van der Waals surface area (Å²) in [5.74, 6) is -0.372. The van der Waals surface area contributed by atoms with Gasteiger partial charge in [-0.3, -0.25) is 4.79 Å². The van der Waals surface area contributed by atoms with Crippen LogP contribution in [0.4, 0.5) is 0 Å². The molecule has 1 amide bonds. The molecule has 29 heavy (non-hydrogen) atoms. The monoisotopic (exact) mass is 413 g/mol. The third kappa shape index (κ3) is 6.41. The van der Waals surface area contributed by atoms with Gasteiger partial charge in [-0.05, 0) is 41.7 Å². The molecule has 0 spiro atoms. The first-order valence-electron chi connectivity index (χ1n) is 9.34. The molecular weight excluding hydrogens is 386 g/mol. The Balaban J connectivity index is 2.13. The van der Waals surface area contributed by atoms with Crippen molar-refractivity contribution in [2.24, 2.45) is 5.41 Å². The van der Waals surface area contributed by atoms with Gasteiger partial charge in [-0.2, -0.15) is 9.57 Å². The van der Waals surface area contributed by atoms with E-state index in [0.717, 1.165) is 16.3 Å². The summed E-state index contributed by atoms with van der Waals surface area (Å²) >= 11 is 0. The summed E-state index contributed by atoms with van der Waals surface area (Å²) < 4.78 is 26.4. The fourth-order valence-corrected chi connectivity index (χ4v) is 4.09. The molecule has 7 heteroatoms. The van der Waals surface area contributed by atoms with Crippen molar-refractivity contribution in [2.75, 3.05) is 13.6 Å². The molecule has 1 atom stereocenters. The second-order valence-electron chi connectivity index (χ2n) is 8.19. The minimum Gasteiger partial charge on any atom is -0.348 e. The molecule has 0 heterocycles. The summed E-state index contributed by atoms with van der Waals surface area (Å²) in [6.45, 7) is 5.99. The highest BCUT2D eigenvalue weighted by Gasteiger charge is 2.26. The lowest BCUT2D eigenvalue weighted by molar-refractivity contribution is -0.122. The average Bonchev–Trinajstić information content (AvgIpc) is 2.67. The topological polar surface area (TPSA) is 90.3 Å². The molecule has 1 N–H and O–H groups in total. The summed E-state index contributed by atoms with van der Waals surface area (Å²) in [7, 11) is -2.46. The Morgan fingerprint density at radius 3 is 2.21 bits per heavy atom. The average molecular weight is 414 g/mol. The van der Waals surface area contributed by atoms with Crippen LogP contribution >= 0.6 is 0 Å². The summed E-state index contributed by atoms with van der Waals surface area (Å²) in [5.41, 5.74) is 1.33. The van der Waals surface area contributed by atoms with E-state index in [9.17, 15) is 13.2 Å². The van der Waals surface area contributed by atoms with Crippen LogP contribution in [0.2, 0.25) is 0 Å². The van der Waals surface area contributed by atoms with Gasteiger partial charge in [0.15, 0.2) is 0 Å². The highest BCUT2D eigenvalue weighted by molar-refractivity contribution is 7.89. The lowest BCUT2D eigenvalue weighted by Crippen LogP contribution is -2.40. The Kier molecular flexibility index (Phi) is 7.17. The fourth-order valence-electron chi connectivity index (χ4n) is 2.96. The van der Waals surface area contributed by atoms with E-state index in [4.69, 9.17) is 5.26 Å². The number of rotatable bonds is 7. The van der Waals surface area contributed by atoms with Gasteiger partial charge >= 0.3 is 0 Å². The van der Waals surface area contributed by atoms with Crippen molar-refractivity contribution in [1.29, 1.82) is 5.26 Å². The maximum Gasteiger partial charge on any atom is 0.243 e. The number of nitrogens with zero attached hydrogens (tertiary/aromatic N) is 2. The van der Waals surface area contributed by atoms with E-state index >= 15 is 0 Å². The Morgan fingerprint density at radius 2 is 1.69 bits per heavy atom. The van der Waals surface area contributed by atoms with Gasteiger partial charge in [0.2, 0.25) is 15.9 Å². The van der Waals surface area contributed by atoms with Gasteiger partial charge in [-0.15, -0.1) is 0 Å². The number of sulfonamides is 1. The molecule has 0 aromatic heterocycles. The quantitative estimate of drug-likeness (QED) is 0.752. The van der Waals surface area contributed by atoms with Crippen LogP contribution in [-0.4, -0.2) is 32.2 Å². The van der Waals surface area contributed by atoms with Crippen LogP contribution in [0.25, 0.3) is 0 Å². The van der Waals surface area contributed by atoms with Gasteiger partial charge in [0.25, 0.3) is 0 Å². The summed E-state index contributed by atoms with van der Waals surface area (Å²) in [6.07, 6.45) is 0.717. The van der Waals surface area contributed by atoms with Crippen LogP contribution in [0.5, 0.6) is 0 Å². The number of nitrogens with one attached hydrogen (secondary N) is 1. The van der Waals surface area contributed by atoms with Crippen molar-refractivity contribution in [1.82, 2.24) is 9.62 Å². The van der Waals surface area contributed by atoms with Gasteiger partial charge in [0, 0.05) is 7.05 Å². The normalized spacial score (nSPS) is 13.0. The van der Waals surface area contributed by atoms with E-state index in [1.54, 1.807) is 0 Å². The Bertz CT molecular complexity index is 973. The number of carbonyl (C=O) groups is 1. The minimum atomic E-state index is -3.83. The second kappa shape index (κ2) is 9.21. The molecule has 1 unspecified atom stereocenters. The van der Waals surface area contributed by atoms with Gasteiger partial charge in [-0.1, -0.05) is 51.1 Å². The number of hydrogen-bond donors (Lipinski definition) is 1. The zero-order valence-electron chi connectivity index (χ0n) is 17.2. The predicted octanol–water partition coefficient (Wildman–Crippen LogP) is 3.47. The lowest BCUT2D eigenvalue weighted by Gasteiger charge is -2.28. The lowest BCUT2D eigenvalue weighted by atomic mass is 9.85. The molecule has 0 saturated heterocycles. The van der Waals surface area contributed by atoms with E-state index in [0.29, 0.717) is 5.56 Å². The molecule has 0 aliphatic rings. The molecule has 0 radical (unpaired) electrons. The Hall–Kier alpha value is -2.69. The molecule has 0 saturated carbocycles. The molecule has 0 aliphatic heterocycles. The SMILES string of the molecule is CN(CC(=O)NC(CC(C)(C)C)c1ccccc1)S(=O)(=O)c1ccc(C#N)cc1. The van der Waals surface area contributed by atoms with Crippen molar-refractivity contribution in [3.63, 3.8) is 0 Å². The molecule has 154 valence electrons. The summed E-state index contributed by atoms with van der Waals surface area (Å²) in [6, 6.07) is 17.0. The highest BCUT2D eigenvalue weighted by Crippen LogP contribution is 2.29. The van der Waals surface area contributed by atoms with Crippen LogP contribution < -0.4 is 5.32 Å². The summed E-state index contributed by atoms with van der Waals surface area (Å²) in [4.78, 5) is 12.7. The van der Waals surface area contributed by atoms with E-state index in [-0.39, 0.29) is 28.8 Å². The first-order valence-corrected chi connectivity index (χ1v) is 10.8. The zero-order valence-corrected chi connectivity index (χ0v) is 18.0. The van der Waals surface area contributed by atoms with Crippen molar-refractivity contribution in [3.8, 4) is 6.07 Å². The van der Waals surface area contributed by atoms with E-state index in [1.165, 1.54) is 31.3 Å². The largest absolute Gasteiger partial charge is 0.348 e. The molecule has 2 rings (SSSR count). The first-order chi connectivity index (χ1) is 13.5. The molecule has 0 aliphatic carbocycles. The molecule has 2 aromatic carbocycles. The van der Waals surface area contributed by atoms with Gasteiger partial charge in [0.05, 0.1) is 29.1 Å². The maximum absolute atomic E-state index is 12.7. The predicted molar refractivity (Wildman–Crippen MR) is 112 cm³/mol. The van der Waals surface area contributed by atoms with Crippen molar-refractivity contribution in [2.45, 2.75) is 38.1 Å². The smallest absolute Gasteiger partial charge is 0.243 e. The first kappa shape index (κ1) is 22.6. The number of nitriles is 1. The molecule has 0 fully saturated rings. The number of benzene rings is 2. The second-order valence-corrected chi connectivity index (χ2v) is 10.2. The van der Waals surface area contributed by atoms with Crippen LogP contribution in [-0.2, 0) is 14.8 Å².